The highest BCUT2D eigenvalue weighted by molar-refractivity contribution is 9.09. The third-order valence-corrected chi connectivity index (χ3v) is 3.85. The van der Waals surface area contributed by atoms with E-state index in [9.17, 15) is 5.11 Å². The molecule has 102 valence electrons. The molecule has 1 nitrogen and oxygen atoms in total. The zero-order chi connectivity index (χ0) is 13.1. The van der Waals surface area contributed by atoms with E-state index in [-0.39, 0.29) is 0 Å². The molecular weight excluding hydrogens is 288 g/mol. The number of hydrogen-bond donors (Lipinski definition) is 1. The van der Waals surface area contributed by atoms with Crippen LogP contribution in [0.2, 0.25) is 0 Å². The zero-order valence-electron chi connectivity index (χ0n) is 11.2. The third-order valence-electron chi connectivity index (χ3n) is 3.29. The Morgan fingerprint density at radius 3 is 1.89 bits per heavy atom. The predicted octanol–water partition coefficient (Wildman–Crippen LogP) is 5.83. The molecule has 1 aliphatic carbocycles. The van der Waals surface area contributed by atoms with Gasteiger partial charge in [0.05, 0.1) is 5.76 Å². The average Bonchev–Trinajstić information content (AvgIpc) is 2.90. The van der Waals surface area contributed by atoms with Crippen molar-refractivity contribution < 1.29 is 5.11 Å². The lowest BCUT2D eigenvalue weighted by molar-refractivity contribution is 0.377. The Morgan fingerprint density at radius 1 is 0.833 bits per heavy atom. The normalized spacial score (nSPS) is 13.5. The molecule has 18 heavy (non-hydrogen) atoms. The van der Waals surface area contributed by atoms with Gasteiger partial charge in [-0.2, -0.15) is 0 Å². The van der Waals surface area contributed by atoms with E-state index in [0.29, 0.717) is 5.76 Å². The highest BCUT2D eigenvalue weighted by Gasteiger charge is 2.01. The van der Waals surface area contributed by atoms with E-state index < -0.39 is 0 Å². The first-order valence-corrected chi connectivity index (χ1v) is 8.29. The number of rotatable bonds is 10. The first-order chi connectivity index (χ1) is 8.84. The summed E-state index contributed by atoms with van der Waals surface area (Å²) in [5.41, 5.74) is 0.991. The molecule has 0 radical (unpaired) electrons. The average molecular weight is 313 g/mol. The minimum Gasteiger partial charge on any atom is -0.512 e. The van der Waals surface area contributed by atoms with E-state index in [1.807, 2.05) is 24.3 Å². The van der Waals surface area contributed by atoms with Crippen molar-refractivity contribution in [2.45, 2.75) is 57.8 Å². The summed E-state index contributed by atoms with van der Waals surface area (Å²) < 4.78 is 0. The number of allylic oxidation sites excluding steroid dienone is 6. The fourth-order valence-electron chi connectivity index (χ4n) is 2.16. The molecule has 0 spiro atoms. The van der Waals surface area contributed by atoms with E-state index in [1.54, 1.807) is 0 Å². The number of hydrogen-bond acceptors (Lipinski definition) is 1. The highest BCUT2D eigenvalue weighted by Crippen LogP contribution is 2.17. The van der Waals surface area contributed by atoms with Crippen LogP contribution >= 0.6 is 15.9 Å². The molecule has 0 saturated heterocycles. The van der Waals surface area contributed by atoms with Crippen LogP contribution in [0.4, 0.5) is 0 Å². The second-order valence-electron chi connectivity index (χ2n) is 4.89. The molecule has 0 fully saturated rings. The molecule has 0 saturated carbocycles. The van der Waals surface area contributed by atoms with Gasteiger partial charge in [-0.25, -0.2) is 0 Å². The maximum Gasteiger partial charge on any atom is 0.0994 e. The van der Waals surface area contributed by atoms with Gasteiger partial charge in [0.25, 0.3) is 0 Å². The number of halogens is 1. The summed E-state index contributed by atoms with van der Waals surface area (Å²) in [6.45, 7) is 0. The Bertz CT molecular complexity index is 288. The molecule has 0 aromatic rings. The Morgan fingerprint density at radius 2 is 1.33 bits per heavy atom. The maximum absolute atomic E-state index is 9.82. The summed E-state index contributed by atoms with van der Waals surface area (Å²) in [6, 6.07) is 0. The molecule has 0 aromatic heterocycles. The summed E-state index contributed by atoms with van der Waals surface area (Å²) in [6.07, 6.45) is 19.1. The number of aliphatic hydroxyl groups is 1. The Hall–Kier alpha value is -0.500. The van der Waals surface area contributed by atoms with Crippen molar-refractivity contribution in [1.29, 1.82) is 0 Å². The smallest absolute Gasteiger partial charge is 0.0994 e. The number of alkyl halides is 1. The summed E-state index contributed by atoms with van der Waals surface area (Å²) in [4.78, 5) is 0. The fourth-order valence-corrected chi connectivity index (χ4v) is 2.55. The predicted molar refractivity (Wildman–Crippen MR) is 83.3 cm³/mol. The SMILES string of the molecule is OC(CCCCCCCCCCBr)=C1C=CC=C1. The van der Waals surface area contributed by atoms with E-state index in [0.717, 1.165) is 23.7 Å². The summed E-state index contributed by atoms with van der Waals surface area (Å²) >= 11 is 3.46. The second kappa shape index (κ2) is 10.4. The molecule has 1 aliphatic rings. The third kappa shape index (κ3) is 7.05. The van der Waals surface area contributed by atoms with E-state index in [1.165, 1.54) is 44.9 Å². The van der Waals surface area contributed by atoms with Gasteiger partial charge in [0.1, 0.15) is 0 Å². The van der Waals surface area contributed by atoms with Crippen molar-refractivity contribution in [2.75, 3.05) is 5.33 Å². The van der Waals surface area contributed by atoms with Crippen molar-refractivity contribution in [2.24, 2.45) is 0 Å². The van der Waals surface area contributed by atoms with E-state index in [2.05, 4.69) is 15.9 Å². The van der Waals surface area contributed by atoms with Gasteiger partial charge in [0.2, 0.25) is 0 Å². The van der Waals surface area contributed by atoms with Crippen LogP contribution in [0.1, 0.15) is 57.8 Å². The summed E-state index contributed by atoms with van der Waals surface area (Å²) in [5, 5.41) is 11.0. The van der Waals surface area contributed by atoms with E-state index in [4.69, 9.17) is 0 Å². The lowest BCUT2D eigenvalue weighted by Crippen LogP contribution is -1.87. The van der Waals surface area contributed by atoms with Gasteiger partial charge >= 0.3 is 0 Å². The molecule has 0 atom stereocenters. The molecule has 0 aromatic carbocycles. The van der Waals surface area contributed by atoms with Crippen LogP contribution in [-0.4, -0.2) is 10.4 Å². The molecule has 0 amide bonds. The Labute approximate surface area is 120 Å². The van der Waals surface area contributed by atoms with Crippen LogP contribution in [0.25, 0.3) is 0 Å². The van der Waals surface area contributed by atoms with Crippen LogP contribution < -0.4 is 0 Å². The summed E-state index contributed by atoms with van der Waals surface area (Å²) in [7, 11) is 0. The number of aliphatic hydroxyl groups excluding tert-OH is 1. The van der Waals surface area contributed by atoms with Gasteiger partial charge < -0.3 is 5.11 Å². The number of unbranched alkanes of at least 4 members (excludes halogenated alkanes) is 7. The van der Waals surface area contributed by atoms with Crippen LogP contribution in [0.5, 0.6) is 0 Å². The molecule has 1 rings (SSSR count). The molecule has 0 unspecified atom stereocenters. The van der Waals surface area contributed by atoms with Crippen molar-refractivity contribution in [3.8, 4) is 0 Å². The minimum atomic E-state index is 0.553. The first kappa shape index (κ1) is 15.6. The summed E-state index contributed by atoms with van der Waals surface area (Å²) in [5.74, 6) is 0.553. The van der Waals surface area contributed by atoms with Gasteiger partial charge in [0.15, 0.2) is 0 Å². The van der Waals surface area contributed by atoms with Gasteiger partial charge in [-0.3, -0.25) is 0 Å². The van der Waals surface area contributed by atoms with Gasteiger partial charge in [-0.1, -0.05) is 78.8 Å². The maximum atomic E-state index is 9.82. The Balaban J connectivity index is 1.91. The van der Waals surface area contributed by atoms with Crippen molar-refractivity contribution >= 4 is 15.9 Å². The fraction of sp³-hybridized carbons (Fsp3) is 0.625. The molecule has 1 N–H and O–H groups in total. The quantitative estimate of drug-likeness (QED) is 0.305. The first-order valence-electron chi connectivity index (χ1n) is 7.17. The molecular formula is C16H25BrO. The van der Waals surface area contributed by atoms with E-state index >= 15 is 0 Å². The van der Waals surface area contributed by atoms with Crippen LogP contribution in [0.15, 0.2) is 35.6 Å². The standard InChI is InChI=1S/C16H25BrO/c17-14-10-6-4-2-1-3-5-7-13-16(18)15-11-8-9-12-15/h8-9,11-12,18H,1-7,10,13-14H2. The Kier molecular flexibility index (Phi) is 9.01. The minimum absolute atomic E-state index is 0.553. The van der Waals surface area contributed by atoms with Crippen LogP contribution in [0.3, 0.4) is 0 Å². The monoisotopic (exact) mass is 312 g/mol. The molecule has 2 heteroatoms. The molecule has 0 heterocycles. The lowest BCUT2D eigenvalue weighted by Gasteiger charge is -2.03. The van der Waals surface area contributed by atoms with Crippen LogP contribution in [-0.2, 0) is 0 Å². The highest BCUT2D eigenvalue weighted by atomic mass is 79.9. The second-order valence-corrected chi connectivity index (χ2v) is 5.68. The molecule has 0 aliphatic heterocycles. The zero-order valence-corrected chi connectivity index (χ0v) is 12.8. The van der Waals surface area contributed by atoms with Crippen molar-refractivity contribution in [3.05, 3.63) is 35.6 Å². The van der Waals surface area contributed by atoms with Gasteiger partial charge in [0, 0.05) is 17.3 Å². The lowest BCUT2D eigenvalue weighted by atomic mass is 10.1. The van der Waals surface area contributed by atoms with Crippen molar-refractivity contribution in [1.82, 2.24) is 0 Å². The van der Waals surface area contributed by atoms with Gasteiger partial charge in [-0.05, 0) is 12.8 Å². The van der Waals surface area contributed by atoms with Crippen molar-refractivity contribution in [3.63, 3.8) is 0 Å². The topological polar surface area (TPSA) is 20.2 Å². The molecule has 0 bridgehead atoms. The van der Waals surface area contributed by atoms with Gasteiger partial charge in [-0.15, -0.1) is 0 Å². The van der Waals surface area contributed by atoms with Crippen LogP contribution in [0, 0.1) is 0 Å². The largest absolute Gasteiger partial charge is 0.512 e.